The molecule has 2 aromatic heterocycles. The lowest BCUT2D eigenvalue weighted by atomic mass is 10.0. The largest absolute Gasteiger partial charge is 0.390 e. The van der Waals surface area contributed by atoms with Crippen LogP contribution in [0, 0.1) is 13.8 Å². The first-order valence-electron chi connectivity index (χ1n) is 6.46. The van der Waals surface area contributed by atoms with E-state index in [1.165, 1.54) is 11.1 Å². The summed E-state index contributed by atoms with van der Waals surface area (Å²) in [7, 11) is 0. The standard InChI is InChI=1S/C16H15BrN2O/c1-10-6-7-12(8-11(10)2)16-13(9-20)19-14(17)4-3-5-15(19)18-16/h3-8,20H,9H2,1-2H3. The van der Waals surface area contributed by atoms with Gasteiger partial charge in [0, 0.05) is 5.56 Å². The van der Waals surface area contributed by atoms with Crippen LogP contribution in [0.5, 0.6) is 0 Å². The fourth-order valence-corrected chi connectivity index (χ4v) is 2.93. The number of aliphatic hydroxyl groups excluding tert-OH is 1. The van der Waals surface area contributed by atoms with Gasteiger partial charge in [-0.3, -0.25) is 4.40 Å². The van der Waals surface area contributed by atoms with Crippen LogP contribution in [0.4, 0.5) is 0 Å². The van der Waals surface area contributed by atoms with Gasteiger partial charge in [0.25, 0.3) is 0 Å². The highest BCUT2D eigenvalue weighted by atomic mass is 79.9. The van der Waals surface area contributed by atoms with Crippen LogP contribution in [0.15, 0.2) is 41.0 Å². The number of imidazole rings is 1. The van der Waals surface area contributed by atoms with E-state index in [0.717, 1.165) is 27.2 Å². The zero-order valence-electron chi connectivity index (χ0n) is 11.4. The highest BCUT2D eigenvalue weighted by Gasteiger charge is 2.15. The number of fused-ring (bicyclic) bond motifs is 1. The average molecular weight is 331 g/mol. The van der Waals surface area contributed by atoms with Crippen LogP contribution >= 0.6 is 15.9 Å². The van der Waals surface area contributed by atoms with E-state index < -0.39 is 0 Å². The Morgan fingerprint density at radius 1 is 1.15 bits per heavy atom. The molecule has 0 fully saturated rings. The molecule has 0 aliphatic rings. The van der Waals surface area contributed by atoms with E-state index >= 15 is 0 Å². The number of halogens is 1. The number of hydrogen-bond donors (Lipinski definition) is 1. The van der Waals surface area contributed by atoms with Crippen molar-refractivity contribution in [2.24, 2.45) is 0 Å². The number of aliphatic hydroxyl groups is 1. The van der Waals surface area contributed by atoms with Crippen molar-refractivity contribution < 1.29 is 5.11 Å². The van der Waals surface area contributed by atoms with Gasteiger partial charge < -0.3 is 5.11 Å². The molecule has 0 amide bonds. The zero-order chi connectivity index (χ0) is 14.3. The minimum Gasteiger partial charge on any atom is -0.390 e. The molecule has 0 unspecified atom stereocenters. The Morgan fingerprint density at radius 3 is 2.65 bits per heavy atom. The summed E-state index contributed by atoms with van der Waals surface area (Å²) < 4.78 is 2.83. The first-order chi connectivity index (χ1) is 9.61. The molecule has 0 aliphatic carbocycles. The van der Waals surface area contributed by atoms with Crippen LogP contribution in [0.25, 0.3) is 16.9 Å². The van der Waals surface area contributed by atoms with Gasteiger partial charge in [-0.1, -0.05) is 18.2 Å². The molecule has 102 valence electrons. The summed E-state index contributed by atoms with van der Waals surface area (Å²) in [5, 5.41) is 9.73. The first-order valence-corrected chi connectivity index (χ1v) is 7.25. The molecule has 4 heteroatoms. The molecule has 0 bridgehead atoms. The van der Waals surface area contributed by atoms with E-state index in [1.54, 1.807) is 0 Å². The molecule has 1 N–H and O–H groups in total. The van der Waals surface area contributed by atoms with E-state index in [0.29, 0.717) is 0 Å². The lowest BCUT2D eigenvalue weighted by Crippen LogP contribution is -1.96. The van der Waals surface area contributed by atoms with Crippen LogP contribution < -0.4 is 0 Å². The van der Waals surface area contributed by atoms with Gasteiger partial charge in [0.2, 0.25) is 0 Å². The monoisotopic (exact) mass is 330 g/mol. The fourth-order valence-electron chi connectivity index (χ4n) is 2.38. The predicted molar refractivity (Wildman–Crippen MR) is 83.7 cm³/mol. The summed E-state index contributed by atoms with van der Waals surface area (Å²) in [4.78, 5) is 4.66. The number of benzene rings is 1. The van der Waals surface area contributed by atoms with Gasteiger partial charge in [0.1, 0.15) is 5.65 Å². The fraction of sp³-hybridized carbons (Fsp3) is 0.188. The van der Waals surface area contributed by atoms with Crippen molar-refractivity contribution in [1.29, 1.82) is 0 Å². The third-order valence-electron chi connectivity index (χ3n) is 3.62. The van der Waals surface area contributed by atoms with Crippen LogP contribution in [-0.4, -0.2) is 14.5 Å². The highest BCUT2D eigenvalue weighted by molar-refractivity contribution is 9.10. The molecule has 0 saturated carbocycles. The Labute approximate surface area is 126 Å². The van der Waals surface area contributed by atoms with E-state index in [2.05, 4.69) is 53.0 Å². The van der Waals surface area contributed by atoms with Crippen molar-refractivity contribution >= 4 is 21.6 Å². The van der Waals surface area contributed by atoms with Gasteiger partial charge in [-0.2, -0.15) is 0 Å². The highest BCUT2D eigenvalue weighted by Crippen LogP contribution is 2.28. The van der Waals surface area contributed by atoms with Gasteiger partial charge in [0.15, 0.2) is 0 Å². The topological polar surface area (TPSA) is 37.5 Å². The van der Waals surface area contributed by atoms with Gasteiger partial charge in [-0.15, -0.1) is 0 Å². The lowest BCUT2D eigenvalue weighted by Gasteiger charge is -2.06. The van der Waals surface area contributed by atoms with E-state index in [1.807, 2.05) is 22.6 Å². The Balaban J connectivity index is 2.30. The summed E-state index contributed by atoms with van der Waals surface area (Å²) in [6.45, 7) is 4.13. The minimum atomic E-state index is -0.0496. The van der Waals surface area contributed by atoms with E-state index in [9.17, 15) is 5.11 Å². The number of rotatable bonds is 2. The Hall–Kier alpha value is -1.65. The van der Waals surface area contributed by atoms with E-state index in [-0.39, 0.29) is 6.61 Å². The van der Waals surface area contributed by atoms with Crippen molar-refractivity contribution in [2.75, 3.05) is 0 Å². The molecule has 0 saturated heterocycles. The third kappa shape index (κ3) is 2.05. The average Bonchev–Trinajstić information content (AvgIpc) is 2.82. The second kappa shape index (κ2) is 5.04. The molecule has 3 aromatic rings. The normalized spacial score (nSPS) is 11.2. The van der Waals surface area contributed by atoms with Gasteiger partial charge in [-0.25, -0.2) is 4.98 Å². The SMILES string of the molecule is Cc1ccc(-c2nc3cccc(Br)n3c2CO)cc1C. The van der Waals surface area contributed by atoms with Crippen molar-refractivity contribution in [1.82, 2.24) is 9.38 Å². The minimum absolute atomic E-state index is 0.0496. The van der Waals surface area contributed by atoms with E-state index in [4.69, 9.17) is 0 Å². The second-order valence-corrected chi connectivity index (χ2v) is 5.72. The zero-order valence-corrected chi connectivity index (χ0v) is 13.0. The van der Waals surface area contributed by atoms with Crippen LogP contribution in [0.2, 0.25) is 0 Å². The summed E-state index contributed by atoms with van der Waals surface area (Å²) in [6.07, 6.45) is 0. The molecule has 20 heavy (non-hydrogen) atoms. The maximum Gasteiger partial charge on any atom is 0.138 e. The van der Waals surface area contributed by atoms with Crippen molar-refractivity contribution in [3.63, 3.8) is 0 Å². The quantitative estimate of drug-likeness (QED) is 0.724. The summed E-state index contributed by atoms with van der Waals surface area (Å²) in [5.74, 6) is 0. The van der Waals surface area contributed by atoms with Gasteiger partial charge in [-0.05, 0) is 59.1 Å². The van der Waals surface area contributed by atoms with Crippen LogP contribution in [0.3, 0.4) is 0 Å². The predicted octanol–water partition coefficient (Wildman–Crippen LogP) is 3.87. The van der Waals surface area contributed by atoms with Crippen molar-refractivity contribution in [3.05, 3.63) is 57.8 Å². The molecule has 3 rings (SSSR count). The smallest absolute Gasteiger partial charge is 0.138 e. The van der Waals surface area contributed by atoms with Crippen molar-refractivity contribution in [3.8, 4) is 11.3 Å². The second-order valence-electron chi connectivity index (χ2n) is 4.91. The molecular formula is C16H15BrN2O. The third-order valence-corrected chi connectivity index (χ3v) is 4.24. The first kappa shape index (κ1) is 13.3. The Bertz CT molecular complexity index is 793. The molecule has 0 atom stereocenters. The van der Waals surface area contributed by atoms with Crippen molar-refractivity contribution in [2.45, 2.75) is 20.5 Å². The van der Waals surface area contributed by atoms with Gasteiger partial charge in [0.05, 0.1) is 22.6 Å². The Morgan fingerprint density at radius 2 is 1.95 bits per heavy atom. The lowest BCUT2D eigenvalue weighted by molar-refractivity contribution is 0.276. The number of aryl methyl sites for hydroxylation is 2. The van der Waals surface area contributed by atoms with Crippen LogP contribution in [0.1, 0.15) is 16.8 Å². The number of hydrogen-bond acceptors (Lipinski definition) is 2. The maximum atomic E-state index is 9.73. The molecule has 0 radical (unpaired) electrons. The van der Waals surface area contributed by atoms with Gasteiger partial charge >= 0.3 is 0 Å². The molecule has 0 aliphatic heterocycles. The maximum absolute atomic E-state index is 9.73. The molecular weight excluding hydrogens is 316 g/mol. The number of nitrogens with zero attached hydrogens (tertiary/aromatic N) is 2. The molecule has 2 heterocycles. The number of pyridine rings is 1. The molecule has 1 aromatic carbocycles. The molecule has 0 spiro atoms. The Kier molecular flexibility index (Phi) is 3.36. The summed E-state index contributed by atoms with van der Waals surface area (Å²) in [6, 6.07) is 12.1. The summed E-state index contributed by atoms with van der Waals surface area (Å²) in [5.41, 5.74) is 5.98. The molecule has 3 nitrogen and oxygen atoms in total. The van der Waals surface area contributed by atoms with Crippen LogP contribution in [-0.2, 0) is 6.61 Å². The number of aromatic nitrogens is 2. The summed E-state index contributed by atoms with van der Waals surface area (Å²) >= 11 is 3.51.